The molecule has 4 N–H and O–H groups in total. The first kappa shape index (κ1) is 25.4. The number of aromatic nitrogens is 1. The third-order valence-corrected chi connectivity index (χ3v) is 8.22. The minimum atomic E-state index is -0.777. The fourth-order valence-electron chi connectivity index (χ4n) is 6.30. The Hall–Kier alpha value is -3.30. The monoisotopic (exact) mass is 506 g/mol. The standard InChI is InChI=1S/C28H34N4O5/c33-16-24(34)22(11-17-9-10-29-13-17)31-27(36)25-21-8-4-7-19(21)15-32(25)28(37)23-12-20(14-30-23)26(35)18-5-2-1-3-6-18/h1-3,5-6,12,14,17,19,21-22,25,29-30,33H,4,7-11,13,15-16H2,(H,31,36). The third-order valence-electron chi connectivity index (χ3n) is 8.22. The Morgan fingerprint density at radius 2 is 1.89 bits per heavy atom. The van der Waals surface area contributed by atoms with Gasteiger partial charge in [0, 0.05) is 23.9 Å². The molecule has 1 saturated carbocycles. The van der Waals surface area contributed by atoms with Crippen LogP contribution in [0, 0.1) is 17.8 Å². The van der Waals surface area contributed by atoms with Crippen LogP contribution in [0.3, 0.4) is 0 Å². The zero-order valence-electron chi connectivity index (χ0n) is 20.8. The number of likely N-dealkylation sites (tertiary alicyclic amines) is 1. The summed E-state index contributed by atoms with van der Waals surface area (Å²) in [4.78, 5) is 57.1. The Morgan fingerprint density at radius 3 is 2.62 bits per heavy atom. The molecule has 9 nitrogen and oxygen atoms in total. The van der Waals surface area contributed by atoms with E-state index in [1.807, 2.05) is 6.07 Å². The molecule has 3 fully saturated rings. The number of nitrogens with zero attached hydrogens (tertiary/aromatic N) is 1. The maximum Gasteiger partial charge on any atom is 0.270 e. The maximum absolute atomic E-state index is 13.6. The first-order valence-electron chi connectivity index (χ1n) is 13.2. The molecule has 2 amide bonds. The summed E-state index contributed by atoms with van der Waals surface area (Å²) in [5, 5.41) is 15.7. The zero-order valence-corrected chi connectivity index (χ0v) is 20.8. The molecule has 1 aliphatic carbocycles. The largest absolute Gasteiger partial charge is 0.389 e. The SMILES string of the molecule is O=C(c1ccccc1)c1c[nH]c(C(=O)N2CC3CCCC3C2C(=O)NC(CC2CCNC2)C(=O)CO)c1. The summed E-state index contributed by atoms with van der Waals surface area (Å²) in [6.45, 7) is 1.48. The Balaban J connectivity index is 1.34. The van der Waals surface area contributed by atoms with Crippen molar-refractivity contribution in [3.63, 3.8) is 0 Å². The number of aromatic amines is 1. The lowest BCUT2D eigenvalue weighted by Crippen LogP contribution is -2.53. The molecule has 5 rings (SSSR count). The van der Waals surface area contributed by atoms with Crippen molar-refractivity contribution < 1.29 is 24.3 Å². The molecular formula is C28H34N4O5. The van der Waals surface area contributed by atoms with Gasteiger partial charge in [0.1, 0.15) is 18.3 Å². The van der Waals surface area contributed by atoms with Crippen LogP contribution in [-0.2, 0) is 9.59 Å². The molecule has 3 aliphatic rings. The molecule has 2 aromatic rings. The van der Waals surface area contributed by atoms with Crippen LogP contribution < -0.4 is 10.6 Å². The Labute approximate surface area is 216 Å². The average molecular weight is 507 g/mol. The van der Waals surface area contributed by atoms with Gasteiger partial charge in [0.25, 0.3) is 5.91 Å². The van der Waals surface area contributed by atoms with Crippen molar-refractivity contribution >= 4 is 23.4 Å². The fourth-order valence-corrected chi connectivity index (χ4v) is 6.30. The Bertz CT molecular complexity index is 1160. The van der Waals surface area contributed by atoms with Crippen LogP contribution in [0.15, 0.2) is 42.6 Å². The molecule has 2 saturated heterocycles. The van der Waals surface area contributed by atoms with Gasteiger partial charge in [-0.25, -0.2) is 0 Å². The predicted octanol–water partition coefficient (Wildman–Crippen LogP) is 1.53. The van der Waals surface area contributed by atoms with E-state index >= 15 is 0 Å². The lowest BCUT2D eigenvalue weighted by Gasteiger charge is -2.29. The van der Waals surface area contributed by atoms with Crippen LogP contribution in [0.4, 0.5) is 0 Å². The lowest BCUT2D eigenvalue weighted by molar-refractivity contribution is -0.132. The van der Waals surface area contributed by atoms with Gasteiger partial charge in [-0.15, -0.1) is 0 Å². The number of ketones is 2. The summed E-state index contributed by atoms with van der Waals surface area (Å²) in [5.74, 6) is -0.753. The van der Waals surface area contributed by atoms with Gasteiger partial charge in [0.2, 0.25) is 5.91 Å². The van der Waals surface area contributed by atoms with Crippen molar-refractivity contribution in [1.29, 1.82) is 0 Å². The second-order valence-corrected chi connectivity index (χ2v) is 10.5. The molecule has 0 bridgehead atoms. The molecule has 1 aromatic carbocycles. The average Bonchev–Trinajstić information content (AvgIpc) is 3.72. The highest BCUT2D eigenvalue weighted by Gasteiger charge is 2.50. The summed E-state index contributed by atoms with van der Waals surface area (Å²) in [7, 11) is 0. The lowest BCUT2D eigenvalue weighted by atomic mass is 9.92. The van der Waals surface area contributed by atoms with Gasteiger partial charge in [-0.1, -0.05) is 36.8 Å². The van der Waals surface area contributed by atoms with Crippen molar-refractivity contribution in [3.8, 4) is 0 Å². The number of Topliss-reactive ketones (excluding diaryl/α,β-unsaturated/α-hetero) is 1. The van der Waals surface area contributed by atoms with E-state index in [1.54, 1.807) is 35.2 Å². The number of aliphatic hydroxyl groups is 1. The highest BCUT2D eigenvalue weighted by atomic mass is 16.3. The van der Waals surface area contributed by atoms with Gasteiger partial charge < -0.3 is 25.6 Å². The summed E-state index contributed by atoms with van der Waals surface area (Å²) in [5.41, 5.74) is 1.18. The normalized spacial score (nSPS) is 25.6. The van der Waals surface area contributed by atoms with Crippen LogP contribution in [0.2, 0.25) is 0 Å². The summed E-state index contributed by atoms with van der Waals surface area (Å²) < 4.78 is 0. The molecule has 0 radical (unpaired) electrons. The van der Waals surface area contributed by atoms with Gasteiger partial charge in [-0.05, 0) is 62.6 Å². The first-order chi connectivity index (χ1) is 18.0. The smallest absolute Gasteiger partial charge is 0.270 e. The molecule has 3 heterocycles. The second-order valence-electron chi connectivity index (χ2n) is 10.5. The fraction of sp³-hybridized carbons (Fsp3) is 0.500. The number of rotatable bonds is 9. The Kier molecular flexibility index (Phi) is 7.53. The zero-order chi connectivity index (χ0) is 25.9. The third kappa shape index (κ3) is 5.24. The van der Waals surface area contributed by atoms with E-state index < -0.39 is 24.5 Å². The molecule has 5 unspecified atom stereocenters. The number of hydrogen-bond donors (Lipinski definition) is 4. The molecule has 9 heteroatoms. The van der Waals surface area contributed by atoms with Crippen molar-refractivity contribution in [2.75, 3.05) is 26.2 Å². The van der Waals surface area contributed by atoms with E-state index in [0.717, 1.165) is 38.8 Å². The quantitative estimate of drug-likeness (QED) is 0.382. The predicted molar refractivity (Wildman–Crippen MR) is 136 cm³/mol. The van der Waals surface area contributed by atoms with E-state index in [2.05, 4.69) is 15.6 Å². The van der Waals surface area contributed by atoms with E-state index in [4.69, 9.17) is 0 Å². The second kappa shape index (κ2) is 11.0. The number of fused-ring (bicyclic) bond motifs is 1. The van der Waals surface area contributed by atoms with Gasteiger partial charge in [0.05, 0.1) is 6.04 Å². The minimum Gasteiger partial charge on any atom is -0.389 e. The molecule has 37 heavy (non-hydrogen) atoms. The highest BCUT2D eigenvalue weighted by Crippen LogP contribution is 2.43. The molecule has 2 aliphatic heterocycles. The number of nitrogens with one attached hydrogen (secondary N) is 3. The summed E-state index contributed by atoms with van der Waals surface area (Å²) in [6, 6.07) is 8.95. The molecule has 196 valence electrons. The Morgan fingerprint density at radius 1 is 1.08 bits per heavy atom. The van der Waals surface area contributed by atoms with E-state index in [9.17, 15) is 24.3 Å². The minimum absolute atomic E-state index is 0.0300. The van der Waals surface area contributed by atoms with Crippen molar-refractivity contribution in [2.24, 2.45) is 17.8 Å². The van der Waals surface area contributed by atoms with Crippen LogP contribution in [0.5, 0.6) is 0 Å². The van der Waals surface area contributed by atoms with Gasteiger partial charge in [0.15, 0.2) is 11.6 Å². The number of carbonyl (C=O) groups excluding carboxylic acids is 4. The van der Waals surface area contributed by atoms with Crippen molar-refractivity contribution in [2.45, 2.75) is 44.2 Å². The first-order valence-corrected chi connectivity index (χ1v) is 13.2. The summed E-state index contributed by atoms with van der Waals surface area (Å²) in [6.07, 6.45) is 5.72. The highest BCUT2D eigenvalue weighted by molar-refractivity contribution is 6.10. The van der Waals surface area contributed by atoms with Crippen LogP contribution in [0.25, 0.3) is 0 Å². The van der Waals surface area contributed by atoms with E-state index in [-0.39, 0.29) is 41.0 Å². The molecule has 5 atom stereocenters. The van der Waals surface area contributed by atoms with Gasteiger partial charge in [-0.2, -0.15) is 0 Å². The van der Waals surface area contributed by atoms with Crippen molar-refractivity contribution in [3.05, 3.63) is 59.4 Å². The molecule has 0 spiro atoms. The van der Waals surface area contributed by atoms with Gasteiger partial charge >= 0.3 is 0 Å². The van der Waals surface area contributed by atoms with Crippen LogP contribution in [0.1, 0.15) is 58.5 Å². The number of carbonyl (C=O) groups is 4. The van der Waals surface area contributed by atoms with Crippen molar-refractivity contribution in [1.82, 2.24) is 20.5 Å². The summed E-state index contributed by atoms with van der Waals surface area (Å²) >= 11 is 0. The van der Waals surface area contributed by atoms with E-state index in [1.165, 1.54) is 6.20 Å². The number of H-pyrrole nitrogens is 1. The van der Waals surface area contributed by atoms with Gasteiger partial charge in [-0.3, -0.25) is 19.2 Å². The van der Waals surface area contributed by atoms with Crippen LogP contribution in [-0.4, -0.2) is 76.7 Å². The molecular weight excluding hydrogens is 472 g/mol. The maximum atomic E-state index is 13.6. The number of benzene rings is 1. The van der Waals surface area contributed by atoms with E-state index in [0.29, 0.717) is 24.1 Å². The molecule has 1 aromatic heterocycles. The topological polar surface area (TPSA) is 132 Å². The number of amides is 2. The van der Waals surface area contributed by atoms with Crippen LogP contribution >= 0.6 is 0 Å². The number of hydrogen-bond acceptors (Lipinski definition) is 6. The number of aliphatic hydroxyl groups excluding tert-OH is 1.